The first-order valence-corrected chi connectivity index (χ1v) is 11.5. The Hall–Kier alpha value is -2.21. The normalized spacial score (nSPS) is 24.7. The summed E-state index contributed by atoms with van der Waals surface area (Å²) in [4.78, 5) is 41.3. The molecule has 6 heteroatoms. The van der Waals surface area contributed by atoms with Gasteiger partial charge in [-0.05, 0) is 49.9 Å². The summed E-state index contributed by atoms with van der Waals surface area (Å²) in [6.45, 7) is 3.88. The number of carbonyl (C=O) groups excluding carboxylic acids is 3. The highest BCUT2D eigenvalue weighted by Gasteiger charge is 2.47. The predicted octanol–water partition coefficient (Wildman–Crippen LogP) is 2.85. The van der Waals surface area contributed by atoms with E-state index < -0.39 is 0 Å². The Morgan fingerprint density at radius 1 is 0.900 bits per heavy atom. The highest BCUT2D eigenvalue weighted by molar-refractivity contribution is 6.05. The van der Waals surface area contributed by atoms with Gasteiger partial charge in [-0.1, -0.05) is 43.5 Å². The van der Waals surface area contributed by atoms with Gasteiger partial charge in [0.15, 0.2) is 0 Å². The number of hydrogen-bond donors (Lipinski definition) is 1. The van der Waals surface area contributed by atoms with Crippen LogP contribution in [-0.2, 0) is 27.5 Å². The van der Waals surface area contributed by atoms with Crippen LogP contribution in [-0.4, -0.2) is 47.2 Å². The van der Waals surface area contributed by atoms with Gasteiger partial charge in [0, 0.05) is 26.1 Å². The Morgan fingerprint density at radius 3 is 2.20 bits per heavy atom. The molecule has 0 aromatic heterocycles. The van der Waals surface area contributed by atoms with Crippen molar-refractivity contribution in [3.63, 3.8) is 0 Å². The van der Waals surface area contributed by atoms with Crippen LogP contribution in [0, 0.1) is 11.8 Å². The number of nitrogens with zero attached hydrogens (tertiary/aromatic N) is 2. The molecule has 2 atom stereocenters. The lowest BCUT2D eigenvalue weighted by atomic mass is 9.81. The molecule has 6 nitrogen and oxygen atoms in total. The maximum Gasteiger partial charge on any atom is 0.233 e. The molecular formula is C24H33N3O3. The summed E-state index contributed by atoms with van der Waals surface area (Å²) in [5.74, 6) is -0.529. The van der Waals surface area contributed by atoms with Crippen molar-refractivity contribution < 1.29 is 14.4 Å². The van der Waals surface area contributed by atoms with E-state index in [0.717, 1.165) is 50.9 Å². The summed E-state index contributed by atoms with van der Waals surface area (Å²) in [6, 6.07) is 8.26. The van der Waals surface area contributed by atoms with E-state index in [0.29, 0.717) is 6.54 Å². The van der Waals surface area contributed by atoms with E-state index in [1.165, 1.54) is 29.7 Å². The van der Waals surface area contributed by atoms with Crippen LogP contribution in [0.1, 0.15) is 62.5 Å². The fourth-order valence-electron chi connectivity index (χ4n) is 5.19. The third-order valence-electron chi connectivity index (χ3n) is 6.93. The van der Waals surface area contributed by atoms with Crippen molar-refractivity contribution in [2.24, 2.45) is 11.8 Å². The summed E-state index contributed by atoms with van der Waals surface area (Å²) >= 11 is 0. The molecule has 4 rings (SSSR count). The minimum absolute atomic E-state index is 0.0654. The third-order valence-corrected chi connectivity index (χ3v) is 6.93. The van der Waals surface area contributed by atoms with E-state index in [-0.39, 0.29) is 42.5 Å². The zero-order valence-corrected chi connectivity index (χ0v) is 17.8. The predicted molar refractivity (Wildman–Crippen MR) is 114 cm³/mol. The van der Waals surface area contributed by atoms with Gasteiger partial charge in [-0.2, -0.15) is 0 Å². The van der Waals surface area contributed by atoms with Crippen molar-refractivity contribution in [1.29, 1.82) is 0 Å². The van der Waals surface area contributed by atoms with Crippen LogP contribution in [0.15, 0.2) is 24.3 Å². The Labute approximate surface area is 179 Å². The number of amides is 3. The van der Waals surface area contributed by atoms with Gasteiger partial charge in [0.2, 0.25) is 17.7 Å². The van der Waals surface area contributed by atoms with Gasteiger partial charge < -0.3 is 5.32 Å². The number of hydrogen-bond acceptors (Lipinski definition) is 4. The molecule has 3 fully saturated rings. The smallest absolute Gasteiger partial charge is 0.233 e. The van der Waals surface area contributed by atoms with Gasteiger partial charge in [-0.15, -0.1) is 0 Å². The first kappa shape index (κ1) is 21.0. The maximum atomic E-state index is 12.5. The van der Waals surface area contributed by atoms with Crippen LogP contribution < -0.4 is 5.32 Å². The Balaban J connectivity index is 1.27. The van der Waals surface area contributed by atoms with Crippen molar-refractivity contribution >= 4 is 17.7 Å². The number of piperidine rings is 1. The number of imide groups is 1. The molecule has 3 aliphatic rings. The quantitative estimate of drug-likeness (QED) is 0.701. The molecular weight excluding hydrogens is 378 g/mol. The van der Waals surface area contributed by atoms with Gasteiger partial charge in [0.05, 0.1) is 11.8 Å². The van der Waals surface area contributed by atoms with E-state index in [2.05, 4.69) is 28.4 Å². The molecule has 1 saturated carbocycles. The number of carbonyl (C=O) groups is 3. The lowest BCUT2D eigenvalue weighted by Crippen LogP contribution is -2.35. The first-order valence-electron chi connectivity index (χ1n) is 11.5. The van der Waals surface area contributed by atoms with Crippen LogP contribution in [0.25, 0.3) is 0 Å². The Morgan fingerprint density at radius 2 is 1.53 bits per heavy atom. The highest BCUT2D eigenvalue weighted by Crippen LogP contribution is 2.37. The molecule has 30 heavy (non-hydrogen) atoms. The molecule has 1 aromatic carbocycles. The maximum absolute atomic E-state index is 12.5. The van der Waals surface area contributed by atoms with Crippen LogP contribution in [0.3, 0.4) is 0 Å². The van der Waals surface area contributed by atoms with Crippen LogP contribution in [0.4, 0.5) is 0 Å². The average Bonchev–Trinajstić information content (AvgIpc) is 3.02. The highest BCUT2D eigenvalue weighted by atomic mass is 16.2. The Kier molecular flexibility index (Phi) is 6.82. The minimum Gasteiger partial charge on any atom is -0.352 e. The SMILES string of the molecule is O=C(CCN1C(=O)[C@@H]2CCCC[C@H]2C1=O)NCc1ccccc1CN1CCCCC1. The van der Waals surface area contributed by atoms with Crippen molar-refractivity contribution in [2.75, 3.05) is 19.6 Å². The van der Waals surface area contributed by atoms with Crippen LogP contribution >= 0.6 is 0 Å². The largest absolute Gasteiger partial charge is 0.352 e. The van der Waals surface area contributed by atoms with Gasteiger partial charge in [0.1, 0.15) is 0 Å². The molecule has 2 aliphatic heterocycles. The first-order chi connectivity index (χ1) is 14.6. The van der Waals surface area contributed by atoms with E-state index in [1.54, 1.807) is 0 Å². The standard InChI is InChI=1S/C24H33N3O3/c28-22(12-15-27-23(29)20-10-4-5-11-21(20)24(27)30)25-16-18-8-2-3-9-19(18)17-26-13-6-1-7-14-26/h2-3,8-9,20-21H,1,4-7,10-17H2,(H,25,28)/t20-,21-/m1/s1. The number of fused-ring (bicyclic) bond motifs is 1. The van der Waals surface area contributed by atoms with Crippen molar-refractivity contribution in [1.82, 2.24) is 15.1 Å². The van der Waals surface area contributed by atoms with Gasteiger partial charge >= 0.3 is 0 Å². The zero-order chi connectivity index (χ0) is 20.9. The lowest BCUT2D eigenvalue weighted by Gasteiger charge is -2.27. The fourth-order valence-corrected chi connectivity index (χ4v) is 5.19. The van der Waals surface area contributed by atoms with E-state index in [4.69, 9.17) is 0 Å². The molecule has 3 amide bonds. The fraction of sp³-hybridized carbons (Fsp3) is 0.625. The summed E-state index contributed by atoms with van der Waals surface area (Å²) in [5.41, 5.74) is 2.39. The lowest BCUT2D eigenvalue weighted by molar-refractivity contribution is -0.140. The Bertz CT molecular complexity index is 764. The van der Waals surface area contributed by atoms with Crippen molar-refractivity contribution in [2.45, 2.75) is 64.5 Å². The topological polar surface area (TPSA) is 69.7 Å². The number of rotatable bonds is 7. The molecule has 0 spiro atoms. The third kappa shape index (κ3) is 4.75. The monoisotopic (exact) mass is 411 g/mol. The summed E-state index contributed by atoms with van der Waals surface area (Å²) in [6.07, 6.45) is 7.67. The molecule has 2 heterocycles. The second kappa shape index (κ2) is 9.73. The van der Waals surface area contributed by atoms with E-state index >= 15 is 0 Å². The molecule has 0 bridgehead atoms. The summed E-state index contributed by atoms with van der Waals surface area (Å²) < 4.78 is 0. The minimum atomic E-state index is -0.143. The van der Waals surface area contributed by atoms with Gasteiger partial charge in [0.25, 0.3) is 0 Å². The molecule has 0 radical (unpaired) electrons. The molecule has 1 N–H and O–H groups in total. The number of likely N-dealkylation sites (tertiary alicyclic amines) is 2. The van der Waals surface area contributed by atoms with Gasteiger partial charge in [-0.3, -0.25) is 24.2 Å². The van der Waals surface area contributed by atoms with Crippen molar-refractivity contribution in [3.8, 4) is 0 Å². The summed E-state index contributed by atoms with van der Waals surface area (Å²) in [5, 5.41) is 2.99. The molecule has 162 valence electrons. The number of nitrogens with one attached hydrogen (secondary N) is 1. The van der Waals surface area contributed by atoms with Crippen LogP contribution in [0.5, 0.6) is 0 Å². The number of benzene rings is 1. The molecule has 2 saturated heterocycles. The molecule has 1 aliphatic carbocycles. The van der Waals surface area contributed by atoms with Crippen molar-refractivity contribution in [3.05, 3.63) is 35.4 Å². The second-order valence-electron chi connectivity index (χ2n) is 8.96. The summed E-state index contributed by atoms with van der Waals surface area (Å²) in [7, 11) is 0. The van der Waals surface area contributed by atoms with Gasteiger partial charge in [-0.25, -0.2) is 0 Å². The second-order valence-corrected chi connectivity index (χ2v) is 8.96. The van der Waals surface area contributed by atoms with Crippen LogP contribution in [0.2, 0.25) is 0 Å². The average molecular weight is 412 g/mol. The molecule has 0 unspecified atom stereocenters. The van der Waals surface area contributed by atoms with E-state index in [1.807, 2.05) is 6.07 Å². The van der Waals surface area contributed by atoms with E-state index in [9.17, 15) is 14.4 Å². The zero-order valence-electron chi connectivity index (χ0n) is 17.8. The molecule has 1 aromatic rings.